The number of benzene rings is 7. The van der Waals surface area contributed by atoms with Crippen LogP contribution < -0.4 is 0 Å². The second-order valence-corrected chi connectivity index (χ2v) is 13.7. The number of hydrogen-bond donors (Lipinski definition) is 0. The van der Waals surface area contributed by atoms with Crippen LogP contribution in [0.1, 0.15) is 0 Å². The third kappa shape index (κ3) is 4.05. The van der Waals surface area contributed by atoms with Gasteiger partial charge in [-0.05, 0) is 89.0 Å². The Morgan fingerprint density at radius 1 is 0.388 bits per heavy atom. The maximum atomic E-state index is 6.20. The first kappa shape index (κ1) is 26.8. The largest absolute Gasteiger partial charge is 0.456 e. The highest BCUT2D eigenvalue weighted by Gasteiger charge is 2.19. The number of aromatic nitrogens is 1. The predicted octanol–water partition coefficient (Wildman–Crippen LogP) is 13.4. The van der Waals surface area contributed by atoms with Crippen LogP contribution in [0.4, 0.5) is 0 Å². The number of para-hydroxylation sites is 3. The number of nitrogens with zero attached hydrogens (tertiary/aromatic N) is 1. The van der Waals surface area contributed by atoms with Gasteiger partial charge < -0.3 is 8.83 Å². The summed E-state index contributed by atoms with van der Waals surface area (Å²) < 4.78 is 14.9. The van der Waals surface area contributed by atoms with E-state index in [0.29, 0.717) is 0 Å². The highest BCUT2D eigenvalue weighted by atomic mass is 32.1. The molecule has 0 unspecified atom stereocenters. The minimum absolute atomic E-state index is 0.890. The number of thiophene rings is 1. The van der Waals surface area contributed by atoms with Crippen LogP contribution in [0.5, 0.6) is 0 Å². The number of rotatable bonds is 3. The molecule has 0 saturated heterocycles. The monoisotopic (exact) mass is 643 g/mol. The van der Waals surface area contributed by atoms with Crippen LogP contribution in [0.2, 0.25) is 0 Å². The molecule has 0 N–H and O–H groups in total. The Morgan fingerprint density at radius 2 is 0.898 bits per heavy atom. The summed E-state index contributed by atoms with van der Waals surface area (Å²) in [6.45, 7) is 0. The zero-order chi connectivity index (χ0) is 32.1. The van der Waals surface area contributed by atoms with Gasteiger partial charge in [-0.2, -0.15) is 0 Å². The average Bonchev–Trinajstić information content (AvgIpc) is 3.85. The van der Waals surface area contributed by atoms with Gasteiger partial charge in [-0.15, -0.1) is 11.3 Å². The van der Waals surface area contributed by atoms with Gasteiger partial charge in [-0.1, -0.05) is 84.9 Å². The zero-order valence-corrected chi connectivity index (χ0v) is 26.9. The van der Waals surface area contributed by atoms with Gasteiger partial charge >= 0.3 is 0 Å². The highest BCUT2D eigenvalue weighted by Crippen LogP contribution is 2.45. The molecule has 4 heterocycles. The fourth-order valence-corrected chi connectivity index (χ4v) is 8.77. The minimum Gasteiger partial charge on any atom is -0.456 e. The molecule has 0 radical (unpaired) electrons. The van der Waals surface area contributed by atoms with Crippen LogP contribution in [0.15, 0.2) is 160 Å². The lowest BCUT2D eigenvalue weighted by molar-refractivity contribution is 0.668. The Balaban J connectivity index is 1.22. The molecule has 4 aromatic heterocycles. The molecule has 228 valence electrons. The first-order valence-electron chi connectivity index (χ1n) is 16.4. The van der Waals surface area contributed by atoms with E-state index in [1.807, 2.05) is 35.6 Å². The summed E-state index contributed by atoms with van der Waals surface area (Å²) in [5, 5.41) is 8.10. The van der Waals surface area contributed by atoms with Gasteiger partial charge in [0.25, 0.3) is 0 Å². The van der Waals surface area contributed by atoms with E-state index < -0.39 is 0 Å². The maximum absolute atomic E-state index is 6.20. The topological polar surface area (TPSA) is 39.2 Å². The van der Waals surface area contributed by atoms with Gasteiger partial charge in [0, 0.05) is 52.7 Å². The molecule has 0 aliphatic heterocycles. The summed E-state index contributed by atoms with van der Waals surface area (Å²) in [6, 6.07) is 53.7. The van der Waals surface area contributed by atoms with Crippen molar-refractivity contribution >= 4 is 86.3 Å². The molecule has 4 heteroatoms. The van der Waals surface area contributed by atoms with Gasteiger partial charge in [-0.25, -0.2) is 4.98 Å². The summed E-state index contributed by atoms with van der Waals surface area (Å²) in [4.78, 5) is 5.41. The number of hydrogen-bond acceptors (Lipinski definition) is 4. The number of pyridine rings is 1. The van der Waals surface area contributed by atoms with Crippen LogP contribution in [0.3, 0.4) is 0 Å². The maximum Gasteiger partial charge on any atom is 0.135 e. The second-order valence-electron chi connectivity index (χ2n) is 12.7. The quantitative estimate of drug-likeness (QED) is 0.192. The van der Waals surface area contributed by atoms with Crippen LogP contribution in [0, 0.1) is 0 Å². The second kappa shape index (κ2) is 10.1. The van der Waals surface area contributed by atoms with Crippen molar-refractivity contribution < 1.29 is 8.83 Å². The fraction of sp³-hybridized carbons (Fsp3) is 0. The summed E-state index contributed by atoms with van der Waals surface area (Å²) in [7, 11) is 0. The van der Waals surface area contributed by atoms with Gasteiger partial charge in [-0.3, -0.25) is 0 Å². The zero-order valence-electron chi connectivity index (χ0n) is 26.1. The van der Waals surface area contributed by atoms with Gasteiger partial charge in [0.2, 0.25) is 0 Å². The van der Waals surface area contributed by atoms with E-state index >= 15 is 0 Å². The van der Waals surface area contributed by atoms with E-state index in [0.717, 1.165) is 82.9 Å². The van der Waals surface area contributed by atoms with E-state index in [4.69, 9.17) is 13.8 Å². The number of furan rings is 2. The summed E-state index contributed by atoms with van der Waals surface area (Å²) in [5.74, 6) is 0. The van der Waals surface area contributed by atoms with Crippen LogP contribution in [0.25, 0.3) is 108 Å². The smallest absolute Gasteiger partial charge is 0.135 e. The van der Waals surface area contributed by atoms with Crippen LogP contribution in [-0.4, -0.2) is 4.98 Å². The molecule has 0 spiro atoms. The normalized spacial score (nSPS) is 12.1. The van der Waals surface area contributed by atoms with Crippen molar-refractivity contribution in [3.8, 4) is 33.5 Å². The minimum atomic E-state index is 0.890. The van der Waals surface area contributed by atoms with E-state index in [1.54, 1.807) is 0 Å². The molecule has 0 fully saturated rings. The molecule has 0 atom stereocenters. The lowest BCUT2D eigenvalue weighted by Gasteiger charge is -2.13. The lowest BCUT2D eigenvalue weighted by Crippen LogP contribution is -1.91. The Morgan fingerprint density at radius 3 is 1.55 bits per heavy atom. The lowest BCUT2D eigenvalue weighted by atomic mass is 9.92. The summed E-state index contributed by atoms with van der Waals surface area (Å²) >= 11 is 1.85. The number of fused-ring (bicyclic) bond motifs is 11. The van der Waals surface area contributed by atoms with E-state index in [2.05, 4.69) is 127 Å². The Hall–Kier alpha value is -6.23. The Kier molecular flexibility index (Phi) is 5.54. The molecular weight excluding hydrogens is 619 g/mol. The van der Waals surface area contributed by atoms with Crippen molar-refractivity contribution in [2.75, 3.05) is 0 Å². The molecule has 0 aliphatic carbocycles. The van der Waals surface area contributed by atoms with Gasteiger partial charge in [0.1, 0.15) is 22.3 Å². The molecule has 3 nitrogen and oxygen atoms in total. The van der Waals surface area contributed by atoms with Crippen molar-refractivity contribution in [2.24, 2.45) is 0 Å². The molecule has 49 heavy (non-hydrogen) atoms. The Bertz CT molecular complexity index is 2990. The first-order chi connectivity index (χ1) is 24.2. The first-order valence-corrected chi connectivity index (χ1v) is 17.3. The van der Waals surface area contributed by atoms with Crippen LogP contribution >= 0.6 is 11.3 Å². The fourth-order valence-electron chi connectivity index (χ4n) is 7.53. The molecular formula is C45H25NO2S. The highest BCUT2D eigenvalue weighted by molar-refractivity contribution is 7.26. The predicted molar refractivity (Wildman–Crippen MR) is 205 cm³/mol. The van der Waals surface area contributed by atoms with Crippen molar-refractivity contribution in [3.63, 3.8) is 0 Å². The summed E-state index contributed by atoms with van der Waals surface area (Å²) in [6.07, 6.45) is 0. The molecule has 0 saturated carbocycles. The van der Waals surface area contributed by atoms with Crippen molar-refractivity contribution in [1.82, 2.24) is 4.98 Å². The molecule has 0 aliphatic rings. The molecule has 11 aromatic rings. The molecule has 7 aromatic carbocycles. The van der Waals surface area contributed by atoms with Gasteiger partial charge in [0.05, 0.1) is 11.2 Å². The van der Waals surface area contributed by atoms with Crippen molar-refractivity contribution in [2.45, 2.75) is 0 Å². The Labute approximate surface area is 284 Å². The molecule has 11 rings (SSSR count). The molecule has 0 bridgehead atoms. The third-order valence-corrected chi connectivity index (χ3v) is 11.0. The van der Waals surface area contributed by atoms with Crippen LogP contribution in [-0.2, 0) is 0 Å². The van der Waals surface area contributed by atoms with E-state index in [-0.39, 0.29) is 0 Å². The van der Waals surface area contributed by atoms with Gasteiger partial charge in [0.15, 0.2) is 0 Å². The standard InChI is InChI=1S/C45H25NO2S/c1-5-13-37-33(11-1)45-43(34-12-4-8-16-42(34)49-45)44(46-37)30-22-28(26-17-19-40-35(24-26)31-9-2-6-14-38(31)47-40)21-29(23-30)27-18-20-41-36(25-27)32-10-3-7-15-39(32)48-41/h1-25H. The van der Waals surface area contributed by atoms with E-state index in [9.17, 15) is 0 Å². The SMILES string of the molecule is c1ccc2c(c1)nc(-c1cc(-c3ccc4oc5ccccc5c4c3)cc(-c3ccc4oc5ccccc5c4c3)c1)c1c3ccccc3sc21. The summed E-state index contributed by atoms with van der Waals surface area (Å²) in [5.41, 5.74) is 11.2. The average molecular weight is 644 g/mol. The molecule has 0 amide bonds. The van der Waals surface area contributed by atoms with E-state index in [1.165, 1.54) is 25.6 Å². The third-order valence-electron chi connectivity index (χ3n) is 9.84. The van der Waals surface area contributed by atoms with Crippen molar-refractivity contribution in [1.29, 1.82) is 0 Å². The van der Waals surface area contributed by atoms with Crippen molar-refractivity contribution in [3.05, 3.63) is 152 Å².